The molecule has 0 spiro atoms. The molecule has 0 atom stereocenters. The van der Waals surface area contributed by atoms with Crippen LogP contribution in [0.3, 0.4) is 0 Å². The van der Waals surface area contributed by atoms with Gasteiger partial charge < -0.3 is 31.6 Å². The molecule has 0 radical (unpaired) electrons. The van der Waals surface area contributed by atoms with Crippen molar-refractivity contribution in [3.05, 3.63) is 0 Å². The van der Waals surface area contributed by atoms with Crippen LogP contribution in [0, 0.1) is 0 Å². The van der Waals surface area contributed by atoms with Crippen molar-refractivity contribution in [3.63, 3.8) is 0 Å². The summed E-state index contributed by atoms with van der Waals surface area (Å²) in [6, 6.07) is 0. The Balaban J connectivity index is -0.0000000800. The molecule has 0 bridgehead atoms. The van der Waals surface area contributed by atoms with Crippen molar-refractivity contribution in [1.29, 1.82) is 0 Å². The molecule has 0 rings (SSSR count). The summed E-state index contributed by atoms with van der Waals surface area (Å²) in [5.74, 6) is 0. The molecule has 4 nitrogen and oxygen atoms in total. The first-order valence-corrected chi connectivity index (χ1v) is 2.51. The van der Waals surface area contributed by atoms with E-state index < -0.39 is 9.05 Å². The van der Waals surface area contributed by atoms with Gasteiger partial charge in [0, 0.05) is 0 Å². The average Bonchev–Trinajstić information content (AvgIpc) is 0.722. The predicted octanol–water partition coefficient (Wildman–Crippen LogP) is -7.50. The van der Waals surface area contributed by atoms with Gasteiger partial charge in [0.1, 0.15) is 0 Å². The zero-order chi connectivity index (χ0) is 4.50. The summed E-state index contributed by atoms with van der Waals surface area (Å²) in [5, 5.41) is 0. The quantitative estimate of drug-likeness (QED) is 0.410. The molecule has 0 aromatic carbocycles. The van der Waals surface area contributed by atoms with Gasteiger partial charge >= 0.3 is 26.2 Å². The molecule has 0 aromatic rings. The van der Waals surface area contributed by atoms with E-state index >= 15 is 0 Å². The minimum absolute atomic E-state index is 0. The van der Waals surface area contributed by atoms with Crippen molar-refractivity contribution in [2.75, 3.05) is 0 Å². The van der Waals surface area contributed by atoms with E-state index in [-0.39, 0.29) is 38.6 Å². The molecule has 0 amide bonds. The van der Waals surface area contributed by atoms with Crippen LogP contribution in [-0.4, -0.2) is 13.8 Å². The van der Waals surface area contributed by atoms with E-state index in [4.69, 9.17) is 19.2 Å². The third kappa shape index (κ3) is 131. The first-order chi connectivity index (χ1) is 2.00. The molecule has 0 aliphatic rings. The number of hydrogen-bond acceptors (Lipinski definition) is 4. The Morgan fingerprint density at radius 3 is 1.14 bits per heavy atom. The monoisotopic (exact) mass is 218 g/mol. The van der Waals surface area contributed by atoms with Crippen LogP contribution in [0.5, 0.6) is 0 Å². The van der Waals surface area contributed by atoms with Gasteiger partial charge in [-0.1, -0.05) is 0 Å². The van der Waals surface area contributed by atoms with Crippen LogP contribution < -0.4 is 26.8 Å². The van der Waals surface area contributed by atoms with Crippen molar-refractivity contribution in [2.45, 2.75) is 0 Å². The number of halogens is 1. The van der Waals surface area contributed by atoms with Gasteiger partial charge in [-0.3, -0.25) is 0 Å². The molecular formula is HClO4SiZr. The van der Waals surface area contributed by atoms with E-state index in [1.165, 1.54) is 0 Å². The van der Waals surface area contributed by atoms with Crippen LogP contribution >= 0.6 is 0 Å². The second kappa shape index (κ2) is 5.37. The molecule has 1 N–H and O–H groups in total. The Bertz CT molecular complexity index is 27.2. The molecule has 40 valence electrons. The molecule has 0 unspecified atom stereocenters. The first kappa shape index (κ1) is 15.7. The molecular weight excluding hydrogens is 219 g/mol. The topological polar surface area (TPSA) is 89.4 Å². The van der Waals surface area contributed by atoms with Gasteiger partial charge in [0.2, 0.25) is 0 Å². The Morgan fingerprint density at radius 1 is 1.14 bits per heavy atom. The van der Waals surface area contributed by atoms with E-state index in [2.05, 4.69) is 0 Å². The van der Waals surface area contributed by atoms with Crippen LogP contribution in [0.4, 0.5) is 0 Å². The normalized spacial score (nSPS) is 8.57. The molecule has 7 heavy (non-hydrogen) atoms. The number of hydrogen-bond donors (Lipinski definition) is 1. The van der Waals surface area contributed by atoms with Gasteiger partial charge in [0.05, 0.1) is 0 Å². The van der Waals surface area contributed by atoms with Crippen LogP contribution in [0.25, 0.3) is 0 Å². The molecule has 7 heteroatoms. The fourth-order valence-electron chi connectivity index (χ4n) is 0. The van der Waals surface area contributed by atoms with E-state index in [0.717, 1.165) is 0 Å². The largest absolute Gasteiger partial charge is 4.00 e. The van der Waals surface area contributed by atoms with E-state index in [1.807, 2.05) is 0 Å². The Morgan fingerprint density at radius 2 is 1.14 bits per heavy atom. The van der Waals surface area contributed by atoms with Crippen LogP contribution in [-0.2, 0) is 26.2 Å². The maximum atomic E-state index is 8.69. The molecule has 0 aliphatic heterocycles. The summed E-state index contributed by atoms with van der Waals surface area (Å²) in [6.45, 7) is 0. The maximum Gasteiger partial charge on any atom is 4.00 e. The summed E-state index contributed by atoms with van der Waals surface area (Å²) in [6.07, 6.45) is 0. The smallest absolute Gasteiger partial charge is 1.00 e. The van der Waals surface area contributed by atoms with Gasteiger partial charge in [-0.15, -0.1) is 9.05 Å². The van der Waals surface area contributed by atoms with Crippen molar-refractivity contribution in [3.8, 4) is 0 Å². The van der Waals surface area contributed by atoms with Crippen molar-refractivity contribution in [1.82, 2.24) is 0 Å². The molecule has 0 fully saturated rings. The minimum Gasteiger partial charge on any atom is -1.00 e. The van der Waals surface area contributed by atoms with E-state index in [0.29, 0.717) is 0 Å². The predicted molar refractivity (Wildman–Crippen MR) is 7.97 cm³/mol. The van der Waals surface area contributed by atoms with Crippen molar-refractivity contribution >= 4 is 9.05 Å². The van der Waals surface area contributed by atoms with Gasteiger partial charge in [-0.2, -0.15) is 0 Å². The molecule has 0 heterocycles. The second-order valence-electron chi connectivity index (χ2n) is 0.524. The summed E-state index contributed by atoms with van der Waals surface area (Å²) in [5.41, 5.74) is 0. The Kier molecular flexibility index (Phi) is 12.1. The van der Waals surface area contributed by atoms with Gasteiger partial charge in [0.15, 0.2) is 0 Å². The van der Waals surface area contributed by atoms with Gasteiger partial charge in [-0.25, -0.2) is 0 Å². The van der Waals surface area contributed by atoms with Crippen molar-refractivity contribution in [2.24, 2.45) is 0 Å². The zero-order valence-corrected chi connectivity index (χ0v) is 7.26. The summed E-state index contributed by atoms with van der Waals surface area (Å²) in [7, 11) is -5.36. The fourth-order valence-corrected chi connectivity index (χ4v) is 0. The Hall–Kier alpha value is 1.23. The van der Waals surface area contributed by atoms with Crippen LogP contribution in [0.15, 0.2) is 0 Å². The SMILES string of the molecule is [Cl-].[O-][Si]([O-])([O-])O.[Zr+4]. The van der Waals surface area contributed by atoms with Gasteiger partial charge in [-0.05, 0) is 0 Å². The third-order valence-corrected chi connectivity index (χ3v) is 0. The summed E-state index contributed by atoms with van der Waals surface area (Å²) in [4.78, 5) is 33.1. The third-order valence-electron chi connectivity index (χ3n) is 0. The van der Waals surface area contributed by atoms with Gasteiger partial charge in [0.25, 0.3) is 0 Å². The summed E-state index contributed by atoms with van der Waals surface area (Å²) < 4.78 is 0. The van der Waals surface area contributed by atoms with Crippen molar-refractivity contribution < 1.29 is 57.8 Å². The maximum absolute atomic E-state index is 8.69. The van der Waals surface area contributed by atoms with E-state index in [1.54, 1.807) is 0 Å². The van der Waals surface area contributed by atoms with Crippen LogP contribution in [0.1, 0.15) is 0 Å². The molecule has 0 aliphatic carbocycles. The minimum atomic E-state index is -5.36. The molecule has 0 saturated heterocycles. The average molecular weight is 220 g/mol. The zero-order valence-electron chi connectivity index (χ0n) is 3.05. The standard InChI is InChI=1S/ClH.HO4Si.Zr/c;1-5(2,3)4;/h1H;1H;/q;-3;+4/p-1. The Labute approximate surface area is 66.8 Å². The molecule has 0 saturated carbocycles. The number of rotatable bonds is 0. The van der Waals surface area contributed by atoms with E-state index in [9.17, 15) is 0 Å². The first-order valence-electron chi connectivity index (χ1n) is 0.836. The summed E-state index contributed by atoms with van der Waals surface area (Å²) >= 11 is 0. The molecule has 0 aromatic heterocycles. The van der Waals surface area contributed by atoms with Crippen LogP contribution in [0.2, 0.25) is 0 Å². The second-order valence-corrected chi connectivity index (χ2v) is 1.57. The fraction of sp³-hybridized carbons (Fsp3) is 0.